The molecule has 26 heavy (non-hydrogen) atoms. The predicted molar refractivity (Wildman–Crippen MR) is 99.1 cm³/mol. The summed E-state index contributed by atoms with van der Waals surface area (Å²) in [7, 11) is 0. The second-order valence-electron chi connectivity index (χ2n) is 6.97. The monoisotopic (exact) mass is 355 g/mol. The molecule has 0 aliphatic carbocycles. The normalized spacial score (nSPS) is 20.4. The lowest BCUT2D eigenvalue weighted by molar-refractivity contribution is 0.150. The molecule has 2 aliphatic heterocycles. The minimum atomic E-state index is -0.0525. The smallest absolute Gasteiger partial charge is 0.322 e. The number of anilines is 2. The van der Waals surface area contributed by atoms with Crippen LogP contribution in [-0.2, 0) is 6.54 Å². The average Bonchev–Trinajstić information content (AvgIpc) is 3.36. The third-order valence-corrected chi connectivity index (χ3v) is 5.19. The van der Waals surface area contributed by atoms with Gasteiger partial charge in [-0.25, -0.2) is 9.78 Å². The van der Waals surface area contributed by atoms with E-state index in [2.05, 4.69) is 25.5 Å². The number of pyridine rings is 1. The highest BCUT2D eigenvalue weighted by Crippen LogP contribution is 2.27. The van der Waals surface area contributed by atoms with Gasteiger partial charge in [-0.15, -0.1) is 5.10 Å². The van der Waals surface area contributed by atoms with Crippen molar-refractivity contribution in [2.24, 2.45) is 0 Å². The van der Waals surface area contributed by atoms with Crippen molar-refractivity contribution < 1.29 is 4.79 Å². The lowest BCUT2D eigenvalue weighted by atomic mass is 10.0. The summed E-state index contributed by atoms with van der Waals surface area (Å²) in [6.45, 7) is 3.45. The van der Waals surface area contributed by atoms with Crippen molar-refractivity contribution in [3.63, 3.8) is 0 Å². The second-order valence-corrected chi connectivity index (χ2v) is 6.97. The fraction of sp³-hybridized carbons (Fsp3) is 0.556. The summed E-state index contributed by atoms with van der Waals surface area (Å²) in [5.41, 5.74) is 0.796. The first-order chi connectivity index (χ1) is 12.8. The molecule has 1 N–H and O–H groups in total. The lowest BCUT2D eigenvalue weighted by Gasteiger charge is -2.35. The molecule has 8 nitrogen and oxygen atoms in total. The molecule has 2 fully saturated rings. The van der Waals surface area contributed by atoms with E-state index in [0.29, 0.717) is 6.54 Å². The number of carbonyl (C=O) groups is 1. The number of hydrogen-bond acceptors (Lipinski definition) is 5. The Labute approximate surface area is 153 Å². The Morgan fingerprint density at radius 1 is 1.15 bits per heavy atom. The summed E-state index contributed by atoms with van der Waals surface area (Å²) in [5, 5.41) is 11.0. The summed E-state index contributed by atoms with van der Waals surface area (Å²) in [5.74, 6) is 0.878. The summed E-state index contributed by atoms with van der Waals surface area (Å²) in [6, 6.07) is 3.90. The van der Waals surface area contributed by atoms with Crippen molar-refractivity contribution in [2.45, 2.75) is 44.7 Å². The molecule has 2 aliphatic rings. The SMILES string of the molecule is O=C(Nc1cccnc1N1CCCC1)N1CCCCC1Cn1ccnn1. The van der Waals surface area contributed by atoms with Crippen LogP contribution in [0, 0.1) is 0 Å². The Morgan fingerprint density at radius 3 is 2.81 bits per heavy atom. The summed E-state index contributed by atoms with van der Waals surface area (Å²) in [4.78, 5) is 21.7. The van der Waals surface area contributed by atoms with Crippen molar-refractivity contribution in [3.05, 3.63) is 30.7 Å². The molecule has 0 spiro atoms. The molecule has 2 aromatic heterocycles. The molecule has 138 valence electrons. The van der Waals surface area contributed by atoms with E-state index in [-0.39, 0.29) is 12.1 Å². The first-order valence-electron chi connectivity index (χ1n) is 9.43. The van der Waals surface area contributed by atoms with Crippen LogP contribution in [0.3, 0.4) is 0 Å². The van der Waals surface area contributed by atoms with Gasteiger partial charge in [0.05, 0.1) is 24.5 Å². The van der Waals surface area contributed by atoms with E-state index in [1.807, 2.05) is 23.2 Å². The quantitative estimate of drug-likeness (QED) is 0.911. The van der Waals surface area contributed by atoms with Gasteiger partial charge in [-0.2, -0.15) is 0 Å². The van der Waals surface area contributed by atoms with Crippen LogP contribution in [-0.4, -0.2) is 56.6 Å². The standard InChI is InChI=1S/C18H25N7O/c26-18(21-16-7-5-8-19-17(16)23-10-3-4-11-23)25-12-2-1-6-15(25)14-24-13-9-20-22-24/h5,7-9,13,15H,1-4,6,10-12,14H2,(H,21,26). The highest BCUT2D eigenvalue weighted by molar-refractivity contribution is 5.92. The summed E-state index contributed by atoms with van der Waals surface area (Å²) in [6.07, 6.45) is 10.8. The zero-order valence-corrected chi connectivity index (χ0v) is 14.9. The number of nitrogens with zero attached hydrogens (tertiary/aromatic N) is 6. The van der Waals surface area contributed by atoms with E-state index in [4.69, 9.17) is 0 Å². The molecule has 0 aromatic carbocycles. The number of urea groups is 1. The molecule has 2 saturated heterocycles. The number of carbonyl (C=O) groups excluding carboxylic acids is 1. The van der Waals surface area contributed by atoms with E-state index in [0.717, 1.165) is 50.4 Å². The van der Waals surface area contributed by atoms with Gasteiger partial charge in [-0.1, -0.05) is 5.21 Å². The zero-order chi connectivity index (χ0) is 17.8. The molecule has 2 aromatic rings. The maximum Gasteiger partial charge on any atom is 0.322 e. The van der Waals surface area contributed by atoms with Gasteiger partial charge in [0.25, 0.3) is 0 Å². The van der Waals surface area contributed by atoms with Gasteiger partial charge in [-0.05, 0) is 44.2 Å². The highest BCUT2D eigenvalue weighted by Gasteiger charge is 2.28. The molecule has 0 radical (unpaired) electrons. The number of piperidine rings is 1. The van der Waals surface area contributed by atoms with E-state index < -0.39 is 0 Å². The molecule has 1 atom stereocenters. The zero-order valence-electron chi connectivity index (χ0n) is 14.9. The topological polar surface area (TPSA) is 79.2 Å². The number of likely N-dealkylation sites (tertiary alicyclic amines) is 1. The maximum absolute atomic E-state index is 13.0. The van der Waals surface area contributed by atoms with Crippen molar-refractivity contribution >= 4 is 17.5 Å². The molecule has 0 bridgehead atoms. The summed E-state index contributed by atoms with van der Waals surface area (Å²) < 4.78 is 1.80. The first-order valence-corrected chi connectivity index (χ1v) is 9.43. The second kappa shape index (κ2) is 7.72. The Hall–Kier alpha value is -2.64. The van der Waals surface area contributed by atoms with Crippen molar-refractivity contribution in [2.75, 3.05) is 29.9 Å². The Morgan fingerprint density at radius 2 is 2.00 bits per heavy atom. The van der Waals surface area contributed by atoms with Gasteiger partial charge < -0.3 is 15.1 Å². The minimum absolute atomic E-state index is 0.0525. The van der Waals surface area contributed by atoms with Crippen molar-refractivity contribution in [1.82, 2.24) is 24.9 Å². The van der Waals surface area contributed by atoms with Gasteiger partial charge in [0.2, 0.25) is 0 Å². The summed E-state index contributed by atoms with van der Waals surface area (Å²) >= 11 is 0. The van der Waals surface area contributed by atoms with Gasteiger partial charge in [-0.3, -0.25) is 4.68 Å². The van der Waals surface area contributed by atoms with E-state index in [9.17, 15) is 4.79 Å². The van der Waals surface area contributed by atoms with Crippen LogP contribution in [0.15, 0.2) is 30.7 Å². The largest absolute Gasteiger partial charge is 0.355 e. The van der Waals surface area contributed by atoms with E-state index in [1.54, 1.807) is 17.1 Å². The van der Waals surface area contributed by atoms with E-state index >= 15 is 0 Å². The Kier molecular flexibility index (Phi) is 4.99. The minimum Gasteiger partial charge on any atom is -0.355 e. The maximum atomic E-state index is 13.0. The molecule has 2 amide bonds. The third kappa shape index (κ3) is 3.63. The number of rotatable bonds is 4. The van der Waals surface area contributed by atoms with Gasteiger partial charge >= 0.3 is 6.03 Å². The molecular weight excluding hydrogens is 330 g/mol. The number of hydrogen-bond donors (Lipinski definition) is 1. The van der Waals surface area contributed by atoms with Crippen LogP contribution in [0.25, 0.3) is 0 Å². The molecule has 4 heterocycles. The van der Waals surface area contributed by atoms with Crippen LogP contribution < -0.4 is 10.2 Å². The molecule has 0 saturated carbocycles. The highest BCUT2D eigenvalue weighted by atomic mass is 16.2. The average molecular weight is 355 g/mol. The number of aromatic nitrogens is 4. The number of nitrogens with one attached hydrogen (secondary N) is 1. The van der Waals surface area contributed by atoms with Crippen LogP contribution in [0.1, 0.15) is 32.1 Å². The van der Waals surface area contributed by atoms with Crippen molar-refractivity contribution in [3.8, 4) is 0 Å². The van der Waals surface area contributed by atoms with Crippen molar-refractivity contribution in [1.29, 1.82) is 0 Å². The third-order valence-electron chi connectivity index (χ3n) is 5.19. The predicted octanol–water partition coefficient (Wildman–Crippen LogP) is 2.36. The Balaban J connectivity index is 1.48. The van der Waals surface area contributed by atoms with Crippen LogP contribution >= 0.6 is 0 Å². The Bertz CT molecular complexity index is 727. The van der Waals surface area contributed by atoms with Crippen LogP contribution in [0.2, 0.25) is 0 Å². The fourth-order valence-electron chi connectivity index (χ4n) is 3.87. The molecule has 4 rings (SSSR count). The van der Waals surface area contributed by atoms with Crippen LogP contribution in [0.4, 0.5) is 16.3 Å². The molecular formula is C18H25N7O. The lowest BCUT2D eigenvalue weighted by Crippen LogP contribution is -2.48. The van der Waals surface area contributed by atoms with Gasteiger partial charge in [0, 0.05) is 32.0 Å². The van der Waals surface area contributed by atoms with E-state index in [1.165, 1.54) is 12.8 Å². The molecule has 1 unspecified atom stereocenters. The van der Waals surface area contributed by atoms with Gasteiger partial charge in [0.1, 0.15) is 0 Å². The first kappa shape index (κ1) is 16.8. The number of amides is 2. The molecule has 8 heteroatoms. The van der Waals surface area contributed by atoms with Gasteiger partial charge in [0.15, 0.2) is 5.82 Å². The fourth-order valence-corrected chi connectivity index (χ4v) is 3.87. The van der Waals surface area contributed by atoms with Crippen LogP contribution in [0.5, 0.6) is 0 Å².